The summed E-state index contributed by atoms with van der Waals surface area (Å²) in [5, 5.41) is 0. The van der Waals surface area contributed by atoms with Gasteiger partial charge in [-0.25, -0.2) is 0 Å². The van der Waals surface area contributed by atoms with Crippen molar-refractivity contribution in [1.82, 2.24) is 0 Å². The molecular weight excluding hydrogens is 220 g/mol. The van der Waals surface area contributed by atoms with Crippen molar-refractivity contribution in [2.45, 2.75) is 26.7 Å². The van der Waals surface area contributed by atoms with Gasteiger partial charge in [0.25, 0.3) is 0 Å². The van der Waals surface area contributed by atoms with Gasteiger partial charge < -0.3 is 4.74 Å². The molecule has 1 heteroatoms. The summed E-state index contributed by atoms with van der Waals surface area (Å²) in [6, 6.07) is 16.8. The van der Waals surface area contributed by atoms with E-state index in [4.69, 9.17) is 4.74 Å². The first-order valence-electron chi connectivity index (χ1n) is 6.60. The third-order valence-corrected chi connectivity index (χ3v) is 3.08. The molecule has 94 valence electrons. The van der Waals surface area contributed by atoms with Crippen LogP contribution in [0.4, 0.5) is 0 Å². The maximum absolute atomic E-state index is 5.67. The number of aryl methyl sites for hydroxylation is 1. The lowest BCUT2D eigenvalue weighted by atomic mass is 10.0. The molecule has 0 saturated heterocycles. The molecule has 1 nitrogen and oxygen atoms in total. The fourth-order valence-electron chi connectivity index (χ4n) is 1.96. The van der Waals surface area contributed by atoms with Gasteiger partial charge in [-0.1, -0.05) is 49.7 Å². The van der Waals surface area contributed by atoms with Crippen molar-refractivity contribution in [1.29, 1.82) is 0 Å². The van der Waals surface area contributed by atoms with Crippen molar-refractivity contribution in [2.24, 2.45) is 0 Å². The summed E-state index contributed by atoms with van der Waals surface area (Å²) in [6.45, 7) is 5.12. The zero-order valence-electron chi connectivity index (χ0n) is 11.1. The SMILES string of the molecule is CCCCOc1ccc(-c2ccccc2C)cc1. The van der Waals surface area contributed by atoms with Crippen LogP contribution in [0.5, 0.6) is 5.75 Å². The molecule has 18 heavy (non-hydrogen) atoms. The number of hydrogen-bond acceptors (Lipinski definition) is 1. The Morgan fingerprint density at radius 1 is 0.944 bits per heavy atom. The predicted octanol–water partition coefficient (Wildman–Crippen LogP) is 4.84. The molecule has 2 aromatic carbocycles. The monoisotopic (exact) mass is 240 g/mol. The van der Waals surface area contributed by atoms with E-state index in [1.54, 1.807) is 0 Å². The molecule has 2 aromatic rings. The summed E-state index contributed by atoms with van der Waals surface area (Å²) in [4.78, 5) is 0. The van der Waals surface area contributed by atoms with Gasteiger partial charge in [-0.3, -0.25) is 0 Å². The summed E-state index contributed by atoms with van der Waals surface area (Å²) >= 11 is 0. The first kappa shape index (κ1) is 12.7. The molecule has 0 bridgehead atoms. The summed E-state index contributed by atoms with van der Waals surface area (Å²) in [5.41, 5.74) is 3.84. The Morgan fingerprint density at radius 2 is 1.67 bits per heavy atom. The Hall–Kier alpha value is -1.76. The van der Waals surface area contributed by atoms with Crippen molar-refractivity contribution in [3.05, 3.63) is 54.1 Å². The van der Waals surface area contributed by atoms with Crippen LogP contribution in [0.3, 0.4) is 0 Å². The van der Waals surface area contributed by atoms with E-state index in [-0.39, 0.29) is 0 Å². The van der Waals surface area contributed by atoms with E-state index in [9.17, 15) is 0 Å². The average molecular weight is 240 g/mol. The molecule has 0 heterocycles. The Labute approximate surface area is 109 Å². The highest BCUT2D eigenvalue weighted by Gasteiger charge is 2.01. The largest absolute Gasteiger partial charge is 0.494 e. The highest BCUT2D eigenvalue weighted by Crippen LogP contribution is 2.25. The number of ether oxygens (including phenoxy) is 1. The summed E-state index contributed by atoms with van der Waals surface area (Å²) in [5.74, 6) is 0.959. The highest BCUT2D eigenvalue weighted by atomic mass is 16.5. The topological polar surface area (TPSA) is 9.23 Å². The fraction of sp³-hybridized carbons (Fsp3) is 0.294. The molecule has 0 spiro atoms. The van der Waals surface area contributed by atoms with E-state index in [2.05, 4.69) is 62.4 Å². The van der Waals surface area contributed by atoms with E-state index in [0.29, 0.717) is 0 Å². The van der Waals surface area contributed by atoms with E-state index in [1.807, 2.05) is 0 Å². The Bertz CT molecular complexity index is 485. The minimum Gasteiger partial charge on any atom is -0.494 e. The Kier molecular flexibility index (Phi) is 4.40. The van der Waals surface area contributed by atoms with Crippen LogP contribution < -0.4 is 4.74 Å². The third kappa shape index (κ3) is 3.13. The molecule has 2 rings (SSSR count). The second kappa shape index (κ2) is 6.25. The quantitative estimate of drug-likeness (QED) is 0.679. The first-order valence-corrected chi connectivity index (χ1v) is 6.60. The van der Waals surface area contributed by atoms with E-state index in [1.165, 1.54) is 23.1 Å². The molecule has 0 aliphatic carbocycles. The Morgan fingerprint density at radius 3 is 2.33 bits per heavy atom. The average Bonchev–Trinajstić information content (AvgIpc) is 2.41. The van der Waals surface area contributed by atoms with Crippen molar-refractivity contribution >= 4 is 0 Å². The number of benzene rings is 2. The molecule has 0 amide bonds. The lowest BCUT2D eigenvalue weighted by molar-refractivity contribution is 0.309. The third-order valence-electron chi connectivity index (χ3n) is 3.08. The van der Waals surface area contributed by atoms with Gasteiger partial charge in [-0.15, -0.1) is 0 Å². The van der Waals surface area contributed by atoms with Crippen molar-refractivity contribution in [3.63, 3.8) is 0 Å². The van der Waals surface area contributed by atoms with Gasteiger partial charge in [0.15, 0.2) is 0 Å². The molecule has 0 aliphatic rings. The Balaban J connectivity index is 2.10. The van der Waals surface area contributed by atoms with Crippen LogP contribution >= 0.6 is 0 Å². The van der Waals surface area contributed by atoms with Gasteiger partial charge in [-0.05, 0) is 42.2 Å². The van der Waals surface area contributed by atoms with E-state index >= 15 is 0 Å². The number of unbranched alkanes of at least 4 members (excludes halogenated alkanes) is 1. The van der Waals surface area contributed by atoms with Gasteiger partial charge in [-0.2, -0.15) is 0 Å². The molecule has 0 N–H and O–H groups in total. The van der Waals surface area contributed by atoms with E-state index in [0.717, 1.165) is 18.8 Å². The summed E-state index contributed by atoms with van der Waals surface area (Å²) < 4.78 is 5.67. The summed E-state index contributed by atoms with van der Waals surface area (Å²) in [7, 11) is 0. The van der Waals surface area contributed by atoms with Crippen LogP contribution in [-0.4, -0.2) is 6.61 Å². The van der Waals surface area contributed by atoms with Crippen molar-refractivity contribution < 1.29 is 4.74 Å². The molecule has 0 radical (unpaired) electrons. The number of rotatable bonds is 5. The van der Waals surface area contributed by atoms with Crippen molar-refractivity contribution in [3.8, 4) is 16.9 Å². The minimum absolute atomic E-state index is 0.806. The van der Waals surface area contributed by atoms with E-state index < -0.39 is 0 Å². The standard InChI is InChI=1S/C17H20O/c1-3-4-13-18-16-11-9-15(10-12-16)17-8-6-5-7-14(17)2/h5-12H,3-4,13H2,1-2H3. The second-order valence-corrected chi connectivity index (χ2v) is 4.54. The minimum atomic E-state index is 0.806. The lowest BCUT2D eigenvalue weighted by Crippen LogP contribution is -1.96. The van der Waals surface area contributed by atoms with Crippen LogP contribution in [0.25, 0.3) is 11.1 Å². The molecule has 0 unspecified atom stereocenters. The highest BCUT2D eigenvalue weighted by molar-refractivity contribution is 5.67. The zero-order valence-corrected chi connectivity index (χ0v) is 11.1. The molecule has 0 fully saturated rings. The van der Waals surface area contributed by atoms with Crippen LogP contribution in [0, 0.1) is 6.92 Å². The van der Waals surface area contributed by atoms with Gasteiger partial charge >= 0.3 is 0 Å². The van der Waals surface area contributed by atoms with Gasteiger partial charge in [0.2, 0.25) is 0 Å². The maximum Gasteiger partial charge on any atom is 0.119 e. The maximum atomic E-state index is 5.67. The normalized spacial score (nSPS) is 10.3. The molecular formula is C17H20O. The molecule has 0 aliphatic heterocycles. The molecule has 0 aromatic heterocycles. The number of hydrogen-bond donors (Lipinski definition) is 0. The van der Waals surface area contributed by atoms with Crippen LogP contribution in [0.1, 0.15) is 25.3 Å². The van der Waals surface area contributed by atoms with Gasteiger partial charge in [0.05, 0.1) is 6.61 Å². The summed E-state index contributed by atoms with van der Waals surface area (Å²) in [6.07, 6.45) is 2.28. The molecule has 0 saturated carbocycles. The van der Waals surface area contributed by atoms with Gasteiger partial charge in [0.1, 0.15) is 5.75 Å². The second-order valence-electron chi connectivity index (χ2n) is 4.54. The van der Waals surface area contributed by atoms with Crippen LogP contribution in [-0.2, 0) is 0 Å². The fourth-order valence-corrected chi connectivity index (χ4v) is 1.96. The first-order chi connectivity index (χ1) is 8.81. The predicted molar refractivity (Wildman–Crippen MR) is 77.0 cm³/mol. The smallest absolute Gasteiger partial charge is 0.119 e. The molecule has 0 atom stereocenters. The van der Waals surface area contributed by atoms with Crippen LogP contribution in [0.2, 0.25) is 0 Å². The van der Waals surface area contributed by atoms with Crippen LogP contribution in [0.15, 0.2) is 48.5 Å². The van der Waals surface area contributed by atoms with Crippen molar-refractivity contribution in [2.75, 3.05) is 6.61 Å². The van der Waals surface area contributed by atoms with Gasteiger partial charge in [0, 0.05) is 0 Å². The lowest BCUT2D eigenvalue weighted by Gasteiger charge is -2.08. The zero-order chi connectivity index (χ0) is 12.8.